The summed E-state index contributed by atoms with van der Waals surface area (Å²) < 4.78 is 22.6. The van der Waals surface area contributed by atoms with E-state index in [9.17, 15) is 18.0 Å². The number of carbonyl (C=O) groups is 2. The van der Waals surface area contributed by atoms with Gasteiger partial charge in [0.2, 0.25) is 5.91 Å². The molecule has 1 aromatic carbocycles. The maximum atomic E-state index is 11.9. The Bertz CT molecular complexity index is 623. The maximum absolute atomic E-state index is 11.9. The molecule has 1 aliphatic rings. The molecule has 0 spiro atoms. The smallest absolute Gasteiger partial charge is 0.238 e. The summed E-state index contributed by atoms with van der Waals surface area (Å²) in [7, 11) is -2.93. The van der Waals surface area contributed by atoms with Gasteiger partial charge in [0.1, 0.15) is 0 Å². The maximum Gasteiger partial charge on any atom is 0.238 e. The third-order valence-corrected chi connectivity index (χ3v) is 4.99. The normalized spacial score (nSPS) is 18.1. The highest BCUT2D eigenvalue weighted by Gasteiger charge is 2.22. The fraction of sp³-hybridized carbons (Fsp3) is 0.429. The number of ketones is 1. The zero-order valence-electron chi connectivity index (χ0n) is 11.8. The van der Waals surface area contributed by atoms with E-state index in [-0.39, 0.29) is 29.7 Å². The van der Waals surface area contributed by atoms with Crippen LogP contribution in [-0.2, 0) is 14.6 Å². The van der Waals surface area contributed by atoms with Crippen molar-refractivity contribution in [3.8, 4) is 0 Å². The highest BCUT2D eigenvalue weighted by Crippen LogP contribution is 2.10. The van der Waals surface area contributed by atoms with Gasteiger partial charge in [0.05, 0.1) is 18.1 Å². The number of hydrogen-bond acceptors (Lipinski definition) is 5. The van der Waals surface area contributed by atoms with E-state index in [4.69, 9.17) is 0 Å². The third kappa shape index (κ3) is 4.64. The number of sulfone groups is 1. The fourth-order valence-corrected chi connectivity index (χ4v) is 3.38. The Morgan fingerprint density at radius 3 is 2.24 bits per heavy atom. The number of nitrogens with one attached hydrogen (secondary N) is 1. The molecular weight excluding hydrogens is 292 g/mol. The Morgan fingerprint density at radius 1 is 1.14 bits per heavy atom. The van der Waals surface area contributed by atoms with Crippen LogP contribution in [-0.4, -0.2) is 56.1 Å². The topological polar surface area (TPSA) is 83.6 Å². The summed E-state index contributed by atoms with van der Waals surface area (Å²) in [6.07, 6.45) is 0. The molecular formula is C14H18N2O4S. The van der Waals surface area contributed by atoms with Crippen LogP contribution in [0.4, 0.5) is 5.69 Å². The van der Waals surface area contributed by atoms with Gasteiger partial charge in [-0.1, -0.05) is 0 Å². The van der Waals surface area contributed by atoms with E-state index in [1.807, 2.05) is 4.90 Å². The molecule has 1 amide bonds. The molecule has 7 heteroatoms. The van der Waals surface area contributed by atoms with E-state index in [0.29, 0.717) is 24.3 Å². The van der Waals surface area contributed by atoms with Gasteiger partial charge >= 0.3 is 0 Å². The number of carbonyl (C=O) groups excluding carboxylic acids is 2. The second kappa shape index (κ2) is 6.36. The summed E-state index contributed by atoms with van der Waals surface area (Å²) in [6.45, 7) is 2.43. The number of rotatable bonds is 4. The summed E-state index contributed by atoms with van der Waals surface area (Å²) in [5.74, 6) is -0.00598. The Balaban J connectivity index is 1.86. The molecule has 21 heavy (non-hydrogen) atoms. The molecule has 2 rings (SSSR count). The second-order valence-electron chi connectivity index (χ2n) is 5.11. The zero-order chi connectivity index (χ0) is 15.5. The number of nitrogens with zero attached hydrogens (tertiary/aromatic N) is 1. The molecule has 0 unspecified atom stereocenters. The standard InChI is InChI=1S/C14H18N2O4S/c1-11(17)12-2-4-13(5-3-12)15-14(18)10-16-6-8-21(19,20)9-7-16/h2-5H,6-10H2,1H3,(H,15,18). The number of hydrogen-bond donors (Lipinski definition) is 1. The molecule has 0 bridgehead atoms. The molecule has 114 valence electrons. The molecule has 0 saturated carbocycles. The minimum atomic E-state index is -2.93. The first-order valence-electron chi connectivity index (χ1n) is 6.69. The summed E-state index contributed by atoms with van der Waals surface area (Å²) in [5, 5.41) is 2.73. The van der Waals surface area contributed by atoms with E-state index >= 15 is 0 Å². The van der Waals surface area contributed by atoms with Crippen LogP contribution in [0.1, 0.15) is 17.3 Å². The average molecular weight is 310 g/mol. The number of anilines is 1. The zero-order valence-corrected chi connectivity index (χ0v) is 12.6. The van der Waals surface area contributed by atoms with Gasteiger partial charge in [0.25, 0.3) is 0 Å². The minimum Gasteiger partial charge on any atom is -0.325 e. The van der Waals surface area contributed by atoms with Crippen LogP contribution < -0.4 is 5.32 Å². The van der Waals surface area contributed by atoms with E-state index in [2.05, 4.69) is 5.32 Å². The predicted octanol–water partition coefficient (Wildman–Crippen LogP) is 0.558. The summed E-state index contributed by atoms with van der Waals surface area (Å²) in [5.41, 5.74) is 1.21. The lowest BCUT2D eigenvalue weighted by Crippen LogP contribution is -2.43. The third-order valence-electron chi connectivity index (χ3n) is 3.38. The SMILES string of the molecule is CC(=O)c1ccc(NC(=O)CN2CCS(=O)(=O)CC2)cc1. The molecule has 1 fully saturated rings. The summed E-state index contributed by atoms with van der Waals surface area (Å²) in [4.78, 5) is 24.9. The van der Waals surface area contributed by atoms with Crippen LogP contribution in [0.2, 0.25) is 0 Å². The van der Waals surface area contributed by atoms with Crippen molar-refractivity contribution in [2.45, 2.75) is 6.92 Å². The highest BCUT2D eigenvalue weighted by molar-refractivity contribution is 7.91. The number of Topliss-reactive ketones (excluding diaryl/α,β-unsaturated/α-hetero) is 1. The van der Waals surface area contributed by atoms with E-state index < -0.39 is 9.84 Å². The summed E-state index contributed by atoms with van der Waals surface area (Å²) in [6, 6.07) is 6.67. The molecule has 0 atom stereocenters. The average Bonchev–Trinajstić information content (AvgIpc) is 2.42. The van der Waals surface area contributed by atoms with Crippen molar-refractivity contribution in [3.63, 3.8) is 0 Å². The van der Waals surface area contributed by atoms with Crippen molar-refractivity contribution in [1.29, 1.82) is 0 Å². The predicted molar refractivity (Wildman–Crippen MR) is 80.2 cm³/mol. The van der Waals surface area contributed by atoms with E-state index in [1.54, 1.807) is 24.3 Å². The highest BCUT2D eigenvalue weighted by atomic mass is 32.2. The van der Waals surface area contributed by atoms with Gasteiger partial charge in [0.15, 0.2) is 15.6 Å². The van der Waals surface area contributed by atoms with Crippen molar-refractivity contribution in [3.05, 3.63) is 29.8 Å². The Hall–Kier alpha value is -1.73. The molecule has 6 nitrogen and oxygen atoms in total. The van der Waals surface area contributed by atoms with Gasteiger partial charge < -0.3 is 5.32 Å². The number of benzene rings is 1. The van der Waals surface area contributed by atoms with Crippen LogP contribution in [0.5, 0.6) is 0 Å². The van der Waals surface area contributed by atoms with Crippen molar-refractivity contribution in [1.82, 2.24) is 4.90 Å². The Labute approximate surface area is 124 Å². The van der Waals surface area contributed by atoms with Gasteiger partial charge in [0, 0.05) is 24.3 Å². The van der Waals surface area contributed by atoms with Crippen LogP contribution in [0.25, 0.3) is 0 Å². The minimum absolute atomic E-state index is 0.0256. The lowest BCUT2D eigenvalue weighted by molar-refractivity contribution is -0.117. The molecule has 0 radical (unpaired) electrons. The molecule has 1 aromatic rings. The van der Waals surface area contributed by atoms with Crippen LogP contribution in [0.15, 0.2) is 24.3 Å². The van der Waals surface area contributed by atoms with Crippen molar-refractivity contribution in [2.24, 2.45) is 0 Å². The lowest BCUT2D eigenvalue weighted by Gasteiger charge is -2.25. The van der Waals surface area contributed by atoms with Crippen molar-refractivity contribution in [2.75, 3.05) is 36.5 Å². The first kappa shape index (κ1) is 15.7. The molecule has 1 saturated heterocycles. The molecule has 0 aromatic heterocycles. The van der Waals surface area contributed by atoms with Crippen molar-refractivity contribution < 1.29 is 18.0 Å². The Morgan fingerprint density at radius 2 is 1.71 bits per heavy atom. The quantitative estimate of drug-likeness (QED) is 0.822. The van der Waals surface area contributed by atoms with Gasteiger partial charge in [-0.3, -0.25) is 14.5 Å². The lowest BCUT2D eigenvalue weighted by atomic mass is 10.1. The van der Waals surface area contributed by atoms with Gasteiger partial charge in [-0.2, -0.15) is 0 Å². The molecule has 0 aliphatic carbocycles. The van der Waals surface area contributed by atoms with Crippen LogP contribution in [0, 0.1) is 0 Å². The first-order chi connectivity index (χ1) is 9.85. The van der Waals surface area contributed by atoms with Gasteiger partial charge in [-0.25, -0.2) is 8.42 Å². The van der Waals surface area contributed by atoms with Crippen LogP contribution >= 0.6 is 0 Å². The van der Waals surface area contributed by atoms with Crippen LogP contribution in [0.3, 0.4) is 0 Å². The first-order valence-corrected chi connectivity index (χ1v) is 8.51. The fourth-order valence-electron chi connectivity index (χ4n) is 2.10. The number of amides is 1. The van der Waals surface area contributed by atoms with Crippen molar-refractivity contribution >= 4 is 27.2 Å². The second-order valence-corrected chi connectivity index (χ2v) is 7.41. The van der Waals surface area contributed by atoms with Gasteiger partial charge in [-0.05, 0) is 31.2 Å². The van der Waals surface area contributed by atoms with E-state index in [0.717, 1.165) is 0 Å². The Kier molecular flexibility index (Phi) is 4.74. The van der Waals surface area contributed by atoms with E-state index in [1.165, 1.54) is 6.92 Å². The molecule has 1 heterocycles. The summed E-state index contributed by atoms with van der Waals surface area (Å²) >= 11 is 0. The van der Waals surface area contributed by atoms with Gasteiger partial charge in [-0.15, -0.1) is 0 Å². The monoisotopic (exact) mass is 310 g/mol. The largest absolute Gasteiger partial charge is 0.325 e. The molecule has 1 N–H and O–H groups in total. The molecule has 1 aliphatic heterocycles.